The Morgan fingerprint density at radius 2 is 0.881 bits per heavy atom. The summed E-state index contributed by atoms with van der Waals surface area (Å²) in [5.74, 6) is -0.0622. The second-order valence-corrected chi connectivity index (χ2v) is 13.0. The third-order valence-corrected chi connectivity index (χ3v) is 8.77. The Balaban J connectivity index is 3.57. The Morgan fingerprint density at radius 3 is 1.24 bits per heavy atom. The van der Waals surface area contributed by atoms with E-state index in [4.69, 9.17) is 0 Å². The molecule has 0 unspecified atom stereocenters. The molecule has 250 valence electrons. The Kier molecular flexibility index (Phi) is 33.9. The highest BCUT2D eigenvalue weighted by Gasteiger charge is 2.17. The lowest BCUT2D eigenvalue weighted by atomic mass is 10.0. The molecule has 2 atom stereocenters. The van der Waals surface area contributed by atoms with Gasteiger partial charge in [0.2, 0.25) is 5.91 Å². The number of amides is 1. The molecule has 3 N–H and O–H groups in total. The average molecular weight is 594 g/mol. The van der Waals surface area contributed by atoms with Crippen molar-refractivity contribution in [3.63, 3.8) is 0 Å². The number of aliphatic hydroxyl groups excluding tert-OH is 2. The fraction of sp³-hybridized carbons (Fsp3) is 0.921. The Bertz CT molecular complexity index is 565. The zero-order chi connectivity index (χ0) is 30.8. The molecule has 0 radical (unpaired) electrons. The topological polar surface area (TPSA) is 69.6 Å². The van der Waals surface area contributed by atoms with Crippen molar-refractivity contribution in [2.45, 2.75) is 219 Å². The summed E-state index contributed by atoms with van der Waals surface area (Å²) in [5, 5.41) is 22.9. The van der Waals surface area contributed by atoms with E-state index in [1.807, 2.05) is 6.08 Å². The van der Waals surface area contributed by atoms with Gasteiger partial charge in [-0.15, -0.1) is 0 Å². The van der Waals surface area contributed by atoms with Crippen molar-refractivity contribution in [3.8, 4) is 0 Å². The molecule has 1 amide bonds. The SMILES string of the molecule is CCCCCCCCCCCCCC=C[C@@H](O)[C@H](CO)NC(=O)CCCCCCCCCCCCCCCCCCC. The van der Waals surface area contributed by atoms with Crippen LogP contribution in [0.5, 0.6) is 0 Å². The summed E-state index contributed by atoms with van der Waals surface area (Å²) in [7, 11) is 0. The Morgan fingerprint density at radius 1 is 0.548 bits per heavy atom. The van der Waals surface area contributed by atoms with Crippen LogP contribution in [0, 0.1) is 0 Å². The van der Waals surface area contributed by atoms with Crippen molar-refractivity contribution < 1.29 is 15.0 Å². The predicted octanol–water partition coefficient (Wildman–Crippen LogP) is 11.1. The molecule has 0 aromatic rings. The molecule has 0 spiro atoms. The smallest absolute Gasteiger partial charge is 0.220 e. The number of hydrogen-bond donors (Lipinski definition) is 3. The molecular weight excluding hydrogens is 518 g/mol. The van der Waals surface area contributed by atoms with Gasteiger partial charge in [0.15, 0.2) is 0 Å². The van der Waals surface area contributed by atoms with Crippen molar-refractivity contribution in [3.05, 3.63) is 12.2 Å². The molecule has 42 heavy (non-hydrogen) atoms. The van der Waals surface area contributed by atoms with E-state index < -0.39 is 12.1 Å². The van der Waals surface area contributed by atoms with Crippen LogP contribution in [-0.4, -0.2) is 34.9 Å². The zero-order valence-corrected chi connectivity index (χ0v) is 28.5. The van der Waals surface area contributed by atoms with Crippen LogP contribution >= 0.6 is 0 Å². The first-order valence-electron chi connectivity index (χ1n) is 18.9. The fourth-order valence-electron chi connectivity index (χ4n) is 5.82. The summed E-state index contributed by atoms with van der Waals surface area (Å²) < 4.78 is 0. The highest BCUT2D eigenvalue weighted by atomic mass is 16.3. The quantitative estimate of drug-likeness (QED) is 0.0513. The van der Waals surface area contributed by atoms with Crippen molar-refractivity contribution in [2.75, 3.05) is 6.61 Å². The molecule has 0 saturated carbocycles. The minimum absolute atomic E-state index is 0.0622. The van der Waals surface area contributed by atoms with Crippen molar-refractivity contribution in [1.29, 1.82) is 0 Å². The zero-order valence-electron chi connectivity index (χ0n) is 28.5. The summed E-state index contributed by atoms with van der Waals surface area (Å²) in [6.45, 7) is 4.31. The first-order valence-corrected chi connectivity index (χ1v) is 18.9. The highest BCUT2D eigenvalue weighted by molar-refractivity contribution is 5.76. The number of aliphatic hydroxyl groups is 2. The lowest BCUT2D eigenvalue weighted by Crippen LogP contribution is -2.45. The largest absolute Gasteiger partial charge is 0.394 e. The van der Waals surface area contributed by atoms with Crippen LogP contribution in [0.2, 0.25) is 0 Å². The minimum atomic E-state index is -0.831. The van der Waals surface area contributed by atoms with Crippen LogP contribution in [0.15, 0.2) is 12.2 Å². The summed E-state index contributed by atoms with van der Waals surface area (Å²) >= 11 is 0. The van der Waals surface area contributed by atoms with Gasteiger partial charge in [-0.3, -0.25) is 4.79 Å². The first kappa shape index (κ1) is 41.1. The van der Waals surface area contributed by atoms with Crippen LogP contribution in [0.4, 0.5) is 0 Å². The standard InChI is InChI=1S/C38H75NO3/c1-3-5-7-9-11-13-15-17-18-19-20-22-24-26-28-30-32-34-38(42)39-36(35-40)37(41)33-31-29-27-25-23-21-16-14-12-10-8-6-4-2/h31,33,36-37,40-41H,3-30,32,34-35H2,1-2H3,(H,39,42)/t36-,37+/m0/s1. The molecule has 4 heteroatoms. The summed E-state index contributed by atoms with van der Waals surface area (Å²) in [6, 6.07) is -0.614. The van der Waals surface area contributed by atoms with Gasteiger partial charge < -0.3 is 15.5 Å². The van der Waals surface area contributed by atoms with Gasteiger partial charge in [-0.05, 0) is 19.3 Å². The van der Waals surface area contributed by atoms with E-state index in [0.29, 0.717) is 6.42 Å². The molecule has 0 heterocycles. The molecular formula is C38H75NO3. The van der Waals surface area contributed by atoms with Crippen LogP contribution < -0.4 is 5.32 Å². The lowest BCUT2D eigenvalue weighted by Gasteiger charge is -2.20. The molecule has 0 saturated heterocycles. The summed E-state index contributed by atoms with van der Waals surface area (Å²) in [4.78, 5) is 12.3. The van der Waals surface area contributed by atoms with E-state index in [2.05, 4.69) is 19.2 Å². The third-order valence-electron chi connectivity index (χ3n) is 8.77. The molecule has 4 nitrogen and oxygen atoms in total. The maximum atomic E-state index is 12.3. The molecule has 0 fully saturated rings. The average Bonchev–Trinajstić information content (AvgIpc) is 2.99. The maximum absolute atomic E-state index is 12.3. The number of nitrogens with one attached hydrogen (secondary N) is 1. The highest BCUT2D eigenvalue weighted by Crippen LogP contribution is 2.15. The normalized spacial score (nSPS) is 13.1. The molecule has 0 aliphatic rings. The van der Waals surface area contributed by atoms with E-state index >= 15 is 0 Å². The van der Waals surface area contributed by atoms with Crippen molar-refractivity contribution >= 4 is 5.91 Å². The molecule has 0 aliphatic carbocycles. The van der Waals surface area contributed by atoms with Gasteiger partial charge in [0.1, 0.15) is 0 Å². The van der Waals surface area contributed by atoms with E-state index in [-0.39, 0.29) is 12.5 Å². The van der Waals surface area contributed by atoms with Crippen LogP contribution in [0.1, 0.15) is 206 Å². The molecule has 0 aromatic heterocycles. The van der Waals surface area contributed by atoms with Crippen LogP contribution in [0.25, 0.3) is 0 Å². The van der Waals surface area contributed by atoms with E-state index in [1.54, 1.807) is 6.08 Å². The Labute approximate surface area is 263 Å². The van der Waals surface area contributed by atoms with Crippen molar-refractivity contribution in [2.24, 2.45) is 0 Å². The molecule has 0 aliphatic heterocycles. The second-order valence-electron chi connectivity index (χ2n) is 13.0. The molecule has 0 bridgehead atoms. The number of rotatable bonds is 34. The van der Waals surface area contributed by atoms with Gasteiger partial charge in [0, 0.05) is 6.42 Å². The minimum Gasteiger partial charge on any atom is -0.394 e. The summed E-state index contributed by atoms with van der Waals surface area (Å²) in [6.07, 6.45) is 41.5. The Hall–Kier alpha value is -0.870. The first-order chi connectivity index (χ1) is 20.7. The monoisotopic (exact) mass is 594 g/mol. The fourth-order valence-corrected chi connectivity index (χ4v) is 5.82. The third kappa shape index (κ3) is 30.6. The number of allylic oxidation sites excluding steroid dienone is 1. The van der Waals surface area contributed by atoms with Gasteiger partial charge in [-0.2, -0.15) is 0 Å². The van der Waals surface area contributed by atoms with E-state index in [1.165, 1.54) is 161 Å². The van der Waals surface area contributed by atoms with Gasteiger partial charge in [-0.25, -0.2) is 0 Å². The second kappa shape index (κ2) is 34.6. The molecule has 0 aromatic carbocycles. The van der Waals surface area contributed by atoms with Crippen LogP contribution in [0.3, 0.4) is 0 Å². The van der Waals surface area contributed by atoms with Crippen LogP contribution in [-0.2, 0) is 4.79 Å². The maximum Gasteiger partial charge on any atom is 0.220 e. The molecule has 0 rings (SSSR count). The number of unbranched alkanes of at least 4 members (excludes halogenated alkanes) is 27. The van der Waals surface area contributed by atoms with E-state index in [0.717, 1.165) is 25.7 Å². The number of carbonyl (C=O) groups is 1. The van der Waals surface area contributed by atoms with Gasteiger partial charge in [0.05, 0.1) is 18.8 Å². The van der Waals surface area contributed by atoms with E-state index in [9.17, 15) is 15.0 Å². The summed E-state index contributed by atoms with van der Waals surface area (Å²) in [5.41, 5.74) is 0. The van der Waals surface area contributed by atoms with Gasteiger partial charge >= 0.3 is 0 Å². The van der Waals surface area contributed by atoms with Crippen molar-refractivity contribution in [1.82, 2.24) is 5.32 Å². The predicted molar refractivity (Wildman–Crippen MR) is 184 cm³/mol. The lowest BCUT2D eigenvalue weighted by molar-refractivity contribution is -0.123. The van der Waals surface area contributed by atoms with Gasteiger partial charge in [0.25, 0.3) is 0 Å². The number of carbonyl (C=O) groups excluding carboxylic acids is 1. The van der Waals surface area contributed by atoms with Gasteiger partial charge in [-0.1, -0.05) is 193 Å². The number of hydrogen-bond acceptors (Lipinski definition) is 3.